The predicted octanol–water partition coefficient (Wildman–Crippen LogP) is 4.93. The van der Waals surface area contributed by atoms with Gasteiger partial charge in [0.25, 0.3) is 0 Å². The third-order valence-corrected chi connectivity index (χ3v) is 3.05. The maximum Gasteiger partial charge on any atom is 0.159 e. The van der Waals surface area contributed by atoms with Crippen molar-refractivity contribution in [3.63, 3.8) is 0 Å². The van der Waals surface area contributed by atoms with Crippen LogP contribution in [0.4, 0.5) is 0 Å². The molecule has 0 aromatic heterocycles. The van der Waals surface area contributed by atoms with Crippen LogP contribution in [0.25, 0.3) is 0 Å². The standard InChI is InChI=1S/C16H28O/c1-11(12(2)16(7,8)9)14(13(3)17)10-15(4,5)6/h10H,1-9H3/b12-11-,14-10+. The van der Waals surface area contributed by atoms with Gasteiger partial charge in [-0.05, 0) is 37.2 Å². The summed E-state index contributed by atoms with van der Waals surface area (Å²) in [5.41, 5.74) is 3.41. The summed E-state index contributed by atoms with van der Waals surface area (Å²) in [6, 6.07) is 0. The quantitative estimate of drug-likeness (QED) is 0.491. The lowest BCUT2D eigenvalue weighted by molar-refractivity contribution is -0.113. The summed E-state index contributed by atoms with van der Waals surface area (Å²) in [6.07, 6.45) is 2.08. The van der Waals surface area contributed by atoms with Crippen LogP contribution in [0.5, 0.6) is 0 Å². The summed E-state index contributed by atoms with van der Waals surface area (Å²) in [7, 11) is 0. The highest BCUT2D eigenvalue weighted by Crippen LogP contribution is 2.32. The lowest BCUT2D eigenvalue weighted by Gasteiger charge is -2.24. The molecule has 0 aliphatic heterocycles. The minimum absolute atomic E-state index is 0.0282. The van der Waals surface area contributed by atoms with Crippen molar-refractivity contribution in [1.29, 1.82) is 0 Å². The van der Waals surface area contributed by atoms with Gasteiger partial charge in [-0.1, -0.05) is 53.2 Å². The number of ketones is 1. The van der Waals surface area contributed by atoms with Gasteiger partial charge in [0, 0.05) is 5.57 Å². The molecule has 0 saturated carbocycles. The average Bonchev–Trinajstić information content (AvgIpc) is 2.08. The number of hydrogen-bond acceptors (Lipinski definition) is 1. The van der Waals surface area contributed by atoms with E-state index in [-0.39, 0.29) is 16.6 Å². The SMILES string of the molecule is CC(=O)C(=C/C(C)(C)C)/C(C)=C(/C)C(C)(C)C. The highest BCUT2D eigenvalue weighted by molar-refractivity contribution is 5.97. The van der Waals surface area contributed by atoms with Crippen molar-refractivity contribution in [3.05, 3.63) is 22.8 Å². The molecule has 0 heterocycles. The molecule has 0 saturated heterocycles. The summed E-state index contributed by atoms with van der Waals surface area (Å²) in [6.45, 7) is 18.7. The lowest BCUT2D eigenvalue weighted by atomic mass is 9.80. The van der Waals surface area contributed by atoms with Crippen LogP contribution in [-0.4, -0.2) is 5.78 Å². The molecule has 1 nitrogen and oxygen atoms in total. The fourth-order valence-electron chi connectivity index (χ4n) is 1.67. The van der Waals surface area contributed by atoms with Crippen molar-refractivity contribution in [2.75, 3.05) is 0 Å². The van der Waals surface area contributed by atoms with Crippen molar-refractivity contribution in [2.24, 2.45) is 10.8 Å². The number of carbonyl (C=O) groups is 1. The monoisotopic (exact) mass is 236 g/mol. The first-order valence-electron chi connectivity index (χ1n) is 6.28. The number of rotatable bonds is 2. The highest BCUT2D eigenvalue weighted by atomic mass is 16.1. The molecule has 0 radical (unpaired) electrons. The van der Waals surface area contributed by atoms with Crippen molar-refractivity contribution in [1.82, 2.24) is 0 Å². The zero-order valence-corrected chi connectivity index (χ0v) is 13.0. The Morgan fingerprint density at radius 1 is 0.882 bits per heavy atom. The lowest BCUT2D eigenvalue weighted by Crippen LogP contribution is -2.13. The van der Waals surface area contributed by atoms with E-state index in [1.165, 1.54) is 5.57 Å². The van der Waals surface area contributed by atoms with Crippen LogP contribution in [0.2, 0.25) is 0 Å². The molecule has 0 aromatic rings. The van der Waals surface area contributed by atoms with Gasteiger partial charge in [0.1, 0.15) is 0 Å². The van der Waals surface area contributed by atoms with E-state index in [9.17, 15) is 4.79 Å². The minimum atomic E-state index is 0.0282. The third-order valence-electron chi connectivity index (χ3n) is 3.05. The summed E-state index contributed by atoms with van der Waals surface area (Å²) in [5.74, 6) is 0.154. The fraction of sp³-hybridized carbons (Fsp3) is 0.688. The number of allylic oxidation sites excluding steroid dienone is 4. The van der Waals surface area contributed by atoms with E-state index in [2.05, 4.69) is 61.5 Å². The Morgan fingerprint density at radius 2 is 1.29 bits per heavy atom. The Labute approximate surface area is 107 Å². The van der Waals surface area contributed by atoms with Gasteiger partial charge in [-0.3, -0.25) is 4.79 Å². The van der Waals surface area contributed by atoms with Gasteiger partial charge in [0.05, 0.1) is 0 Å². The molecule has 1 heteroatoms. The first-order valence-corrected chi connectivity index (χ1v) is 6.28. The molecule has 0 unspecified atom stereocenters. The number of hydrogen-bond donors (Lipinski definition) is 0. The summed E-state index contributed by atoms with van der Waals surface area (Å²) in [4.78, 5) is 11.8. The van der Waals surface area contributed by atoms with E-state index in [0.717, 1.165) is 11.1 Å². The summed E-state index contributed by atoms with van der Waals surface area (Å²) >= 11 is 0. The largest absolute Gasteiger partial charge is 0.295 e. The maximum atomic E-state index is 11.8. The Balaban J connectivity index is 5.70. The van der Waals surface area contributed by atoms with Crippen LogP contribution in [0.1, 0.15) is 62.3 Å². The minimum Gasteiger partial charge on any atom is -0.295 e. The topological polar surface area (TPSA) is 17.1 Å². The molecular weight excluding hydrogens is 208 g/mol. The van der Waals surface area contributed by atoms with Gasteiger partial charge < -0.3 is 0 Å². The molecule has 0 aliphatic rings. The van der Waals surface area contributed by atoms with E-state index >= 15 is 0 Å². The molecule has 98 valence electrons. The van der Waals surface area contributed by atoms with Crippen LogP contribution >= 0.6 is 0 Å². The second kappa shape index (κ2) is 5.20. The molecule has 0 aromatic carbocycles. The van der Waals surface area contributed by atoms with Gasteiger partial charge in [-0.15, -0.1) is 0 Å². The predicted molar refractivity (Wildman–Crippen MR) is 76.0 cm³/mol. The zero-order chi connectivity index (χ0) is 14.0. The van der Waals surface area contributed by atoms with Crippen LogP contribution in [0.15, 0.2) is 22.8 Å². The van der Waals surface area contributed by atoms with E-state index < -0.39 is 0 Å². The van der Waals surface area contributed by atoms with Crippen molar-refractivity contribution in [3.8, 4) is 0 Å². The fourth-order valence-corrected chi connectivity index (χ4v) is 1.67. The van der Waals surface area contributed by atoms with Crippen molar-refractivity contribution in [2.45, 2.75) is 62.3 Å². The second-order valence-electron chi connectivity index (χ2n) is 6.98. The second-order valence-corrected chi connectivity index (χ2v) is 6.98. The molecule has 0 bridgehead atoms. The highest BCUT2D eigenvalue weighted by Gasteiger charge is 2.20. The normalized spacial score (nSPS) is 15.7. The van der Waals surface area contributed by atoms with Gasteiger partial charge >= 0.3 is 0 Å². The summed E-state index contributed by atoms with van der Waals surface area (Å²) in [5, 5.41) is 0. The van der Waals surface area contributed by atoms with Crippen LogP contribution < -0.4 is 0 Å². The molecule has 17 heavy (non-hydrogen) atoms. The Morgan fingerprint density at radius 3 is 1.53 bits per heavy atom. The number of carbonyl (C=O) groups excluding carboxylic acids is 1. The third kappa shape index (κ3) is 5.34. The maximum absolute atomic E-state index is 11.8. The van der Waals surface area contributed by atoms with E-state index in [1.54, 1.807) is 6.92 Å². The molecule has 0 spiro atoms. The van der Waals surface area contributed by atoms with Gasteiger partial charge in [-0.25, -0.2) is 0 Å². The molecule has 0 N–H and O–H groups in total. The first kappa shape index (κ1) is 16.1. The summed E-state index contributed by atoms with van der Waals surface area (Å²) < 4.78 is 0. The van der Waals surface area contributed by atoms with E-state index in [4.69, 9.17) is 0 Å². The Hall–Kier alpha value is -0.850. The average molecular weight is 236 g/mol. The molecule has 0 atom stereocenters. The van der Waals surface area contributed by atoms with Crippen LogP contribution in [0, 0.1) is 10.8 Å². The molecular formula is C16H28O. The molecule has 0 amide bonds. The van der Waals surface area contributed by atoms with Gasteiger partial charge in [-0.2, -0.15) is 0 Å². The van der Waals surface area contributed by atoms with Crippen LogP contribution in [-0.2, 0) is 4.79 Å². The Bertz CT molecular complexity index is 354. The number of Topliss-reactive ketones (excluding diaryl/α,β-unsaturated/α-hetero) is 1. The molecule has 0 fully saturated rings. The van der Waals surface area contributed by atoms with Gasteiger partial charge in [0.2, 0.25) is 0 Å². The van der Waals surface area contributed by atoms with E-state index in [1.807, 2.05) is 0 Å². The Kier molecular flexibility index (Phi) is 4.94. The zero-order valence-electron chi connectivity index (χ0n) is 13.0. The van der Waals surface area contributed by atoms with Crippen molar-refractivity contribution >= 4 is 5.78 Å². The van der Waals surface area contributed by atoms with Crippen molar-refractivity contribution < 1.29 is 4.79 Å². The van der Waals surface area contributed by atoms with Gasteiger partial charge in [0.15, 0.2) is 5.78 Å². The first-order chi connectivity index (χ1) is 7.36. The molecule has 0 rings (SSSR count). The molecule has 0 aliphatic carbocycles. The smallest absolute Gasteiger partial charge is 0.159 e. The van der Waals surface area contributed by atoms with E-state index in [0.29, 0.717) is 0 Å². The van der Waals surface area contributed by atoms with Crippen LogP contribution in [0.3, 0.4) is 0 Å².